The molecular formula is C11H9N3O3S2. The van der Waals surface area contributed by atoms with Crippen molar-refractivity contribution in [2.24, 2.45) is 0 Å². The number of aldehydes is 1. The van der Waals surface area contributed by atoms with Gasteiger partial charge in [-0.1, -0.05) is 18.7 Å². The van der Waals surface area contributed by atoms with Gasteiger partial charge in [0.2, 0.25) is 0 Å². The van der Waals surface area contributed by atoms with Gasteiger partial charge in [0.15, 0.2) is 10.6 Å². The van der Waals surface area contributed by atoms with Crippen molar-refractivity contribution in [1.29, 1.82) is 0 Å². The van der Waals surface area contributed by atoms with E-state index in [1.807, 2.05) is 6.92 Å². The maximum Gasteiger partial charge on any atom is 0.279 e. The highest BCUT2D eigenvalue weighted by Crippen LogP contribution is 2.31. The molecular weight excluding hydrogens is 286 g/mol. The van der Waals surface area contributed by atoms with Gasteiger partial charge in [-0.25, -0.2) is 4.98 Å². The van der Waals surface area contributed by atoms with Crippen LogP contribution in [-0.4, -0.2) is 20.6 Å². The molecule has 0 aliphatic carbocycles. The Bertz CT molecular complexity index is 627. The largest absolute Gasteiger partial charge is 0.298 e. The molecule has 8 heteroatoms. The van der Waals surface area contributed by atoms with Crippen LogP contribution in [0.15, 0.2) is 27.4 Å². The highest BCUT2D eigenvalue weighted by atomic mass is 32.2. The summed E-state index contributed by atoms with van der Waals surface area (Å²) in [6, 6.07) is 4.42. The Morgan fingerprint density at radius 3 is 2.89 bits per heavy atom. The summed E-state index contributed by atoms with van der Waals surface area (Å²) in [6.45, 7) is 1.97. The predicted octanol–water partition coefficient (Wildman–Crippen LogP) is 2.97. The second-order valence-corrected chi connectivity index (χ2v) is 5.60. The van der Waals surface area contributed by atoms with Crippen molar-refractivity contribution in [1.82, 2.24) is 9.36 Å². The summed E-state index contributed by atoms with van der Waals surface area (Å²) in [5.74, 6) is 0.769. The van der Waals surface area contributed by atoms with Crippen molar-refractivity contribution in [2.75, 3.05) is 0 Å². The molecule has 0 aliphatic rings. The molecule has 0 spiro atoms. The van der Waals surface area contributed by atoms with Gasteiger partial charge in [0.05, 0.1) is 10.5 Å². The van der Waals surface area contributed by atoms with Crippen LogP contribution in [0.4, 0.5) is 5.69 Å². The summed E-state index contributed by atoms with van der Waals surface area (Å²) < 4.78 is 4.90. The lowest BCUT2D eigenvalue weighted by Gasteiger charge is -1.99. The van der Waals surface area contributed by atoms with Crippen LogP contribution in [0.3, 0.4) is 0 Å². The maximum atomic E-state index is 10.8. The number of nitro groups is 1. The number of carbonyl (C=O) groups is 1. The summed E-state index contributed by atoms with van der Waals surface area (Å²) in [6.07, 6.45) is 1.25. The molecule has 19 heavy (non-hydrogen) atoms. The summed E-state index contributed by atoms with van der Waals surface area (Å²) in [5.41, 5.74) is -0.124. The Morgan fingerprint density at radius 1 is 1.53 bits per heavy atom. The summed E-state index contributed by atoms with van der Waals surface area (Å²) in [5, 5.41) is 10.7. The third-order valence-electron chi connectivity index (χ3n) is 2.29. The fourth-order valence-corrected chi connectivity index (χ4v) is 3.10. The molecule has 98 valence electrons. The van der Waals surface area contributed by atoms with E-state index in [2.05, 4.69) is 9.36 Å². The van der Waals surface area contributed by atoms with Crippen molar-refractivity contribution in [2.45, 2.75) is 22.6 Å². The number of aromatic nitrogens is 2. The lowest BCUT2D eigenvalue weighted by molar-refractivity contribution is -0.385. The smallest absolute Gasteiger partial charge is 0.279 e. The molecule has 0 unspecified atom stereocenters. The van der Waals surface area contributed by atoms with Crippen LogP contribution in [-0.2, 0) is 6.42 Å². The Hall–Kier alpha value is -1.80. The van der Waals surface area contributed by atoms with Crippen LogP contribution in [0.2, 0.25) is 0 Å². The van der Waals surface area contributed by atoms with Crippen LogP contribution in [0.5, 0.6) is 0 Å². The van der Waals surface area contributed by atoms with Crippen LogP contribution >= 0.6 is 23.3 Å². The first kappa shape index (κ1) is 13.6. The zero-order valence-electron chi connectivity index (χ0n) is 9.90. The summed E-state index contributed by atoms with van der Waals surface area (Å²) in [4.78, 5) is 26.0. The number of nitro benzene ring substituents is 1. The number of nitrogens with zero attached hydrogens (tertiary/aromatic N) is 3. The molecule has 0 aliphatic heterocycles. The van der Waals surface area contributed by atoms with Crippen LogP contribution in [0.25, 0.3) is 0 Å². The molecule has 1 aromatic heterocycles. The summed E-state index contributed by atoms with van der Waals surface area (Å²) in [7, 11) is 0. The van der Waals surface area contributed by atoms with Gasteiger partial charge in [-0.15, -0.1) is 0 Å². The highest BCUT2D eigenvalue weighted by molar-refractivity contribution is 8.01. The molecule has 6 nitrogen and oxygen atoms in total. The molecule has 2 rings (SSSR count). The van der Waals surface area contributed by atoms with Crippen molar-refractivity contribution >= 4 is 35.3 Å². The number of aryl methyl sites for hydroxylation is 1. The van der Waals surface area contributed by atoms with Gasteiger partial charge in [0.25, 0.3) is 5.69 Å². The Morgan fingerprint density at radius 2 is 2.32 bits per heavy atom. The SMILES string of the molecule is CCc1nsc(Sc2ccc([N+](=O)[O-])c(C=O)c2)n1. The number of carbonyl (C=O) groups excluding carboxylic acids is 1. The Kier molecular flexibility index (Phi) is 4.23. The maximum absolute atomic E-state index is 10.8. The van der Waals surface area contributed by atoms with Gasteiger partial charge in [-0.05, 0) is 23.7 Å². The van der Waals surface area contributed by atoms with E-state index in [-0.39, 0.29) is 11.3 Å². The Labute approximate surface area is 117 Å². The van der Waals surface area contributed by atoms with E-state index >= 15 is 0 Å². The minimum atomic E-state index is -0.571. The van der Waals surface area contributed by atoms with Crippen LogP contribution in [0, 0.1) is 10.1 Å². The predicted molar refractivity (Wildman–Crippen MR) is 71.9 cm³/mol. The van der Waals surface area contributed by atoms with E-state index in [9.17, 15) is 14.9 Å². The van der Waals surface area contributed by atoms with Crippen molar-refractivity contribution in [3.8, 4) is 0 Å². The van der Waals surface area contributed by atoms with Crippen molar-refractivity contribution in [3.63, 3.8) is 0 Å². The molecule has 0 fully saturated rings. The van der Waals surface area contributed by atoms with Crippen LogP contribution in [0.1, 0.15) is 23.1 Å². The van der Waals surface area contributed by atoms with E-state index in [1.165, 1.54) is 35.4 Å². The molecule has 0 atom stereocenters. The first-order chi connectivity index (χ1) is 9.13. The van der Waals surface area contributed by atoms with E-state index in [0.717, 1.165) is 21.5 Å². The fourth-order valence-electron chi connectivity index (χ4n) is 1.38. The second kappa shape index (κ2) is 5.89. The molecule has 0 bridgehead atoms. The quantitative estimate of drug-likeness (QED) is 0.479. The van der Waals surface area contributed by atoms with Gasteiger partial charge in [-0.3, -0.25) is 14.9 Å². The second-order valence-electron chi connectivity index (χ2n) is 3.53. The molecule has 0 saturated heterocycles. The number of rotatable bonds is 5. The number of benzene rings is 1. The van der Waals surface area contributed by atoms with Gasteiger partial charge < -0.3 is 0 Å². The highest BCUT2D eigenvalue weighted by Gasteiger charge is 2.14. The number of hydrogen-bond acceptors (Lipinski definition) is 7. The molecule has 0 N–H and O–H groups in total. The molecule has 0 radical (unpaired) electrons. The standard InChI is InChI=1S/C11H9N3O3S2/c1-2-10-12-11(19-13-10)18-8-3-4-9(14(16)17)7(5-8)6-15/h3-6H,2H2,1H3. The topological polar surface area (TPSA) is 86.0 Å². The lowest BCUT2D eigenvalue weighted by Crippen LogP contribution is -1.94. The molecule has 1 heterocycles. The fraction of sp³-hybridized carbons (Fsp3) is 0.182. The molecule has 0 saturated carbocycles. The van der Waals surface area contributed by atoms with Crippen LogP contribution < -0.4 is 0 Å². The van der Waals surface area contributed by atoms with Gasteiger partial charge in [0, 0.05) is 17.4 Å². The molecule has 0 amide bonds. The zero-order valence-corrected chi connectivity index (χ0v) is 11.5. The Balaban J connectivity index is 2.26. The average Bonchev–Trinajstić information content (AvgIpc) is 2.86. The monoisotopic (exact) mass is 295 g/mol. The first-order valence-electron chi connectivity index (χ1n) is 5.38. The third kappa shape index (κ3) is 3.15. The minimum absolute atomic E-state index is 0.0650. The molecule has 1 aromatic carbocycles. The van der Waals surface area contributed by atoms with E-state index in [1.54, 1.807) is 6.07 Å². The van der Waals surface area contributed by atoms with E-state index in [4.69, 9.17) is 0 Å². The normalized spacial score (nSPS) is 10.4. The zero-order chi connectivity index (χ0) is 13.8. The van der Waals surface area contributed by atoms with E-state index in [0.29, 0.717) is 6.29 Å². The number of hydrogen-bond donors (Lipinski definition) is 0. The minimum Gasteiger partial charge on any atom is -0.298 e. The molecule has 2 aromatic rings. The average molecular weight is 295 g/mol. The van der Waals surface area contributed by atoms with Crippen molar-refractivity contribution < 1.29 is 9.72 Å². The third-order valence-corrected chi connectivity index (χ3v) is 4.07. The van der Waals surface area contributed by atoms with Gasteiger partial charge in [0.1, 0.15) is 5.82 Å². The van der Waals surface area contributed by atoms with Gasteiger partial charge >= 0.3 is 0 Å². The summed E-state index contributed by atoms with van der Waals surface area (Å²) >= 11 is 2.61. The lowest BCUT2D eigenvalue weighted by atomic mass is 10.2. The van der Waals surface area contributed by atoms with E-state index < -0.39 is 4.92 Å². The first-order valence-corrected chi connectivity index (χ1v) is 6.97. The van der Waals surface area contributed by atoms with Gasteiger partial charge in [-0.2, -0.15) is 4.37 Å². The van der Waals surface area contributed by atoms with Crippen molar-refractivity contribution in [3.05, 3.63) is 39.7 Å².